The molecule has 46 valence electrons. The highest BCUT2D eigenvalue weighted by atomic mass is 32.1. The Kier molecular flexibility index (Phi) is 14.0. The Bertz CT molecular complexity index is 21.7. The molecule has 0 aliphatic carbocycles. The van der Waals surface area contributed by atoms with Gasteiger partial charge in [-0.1, -0.05) is 0 Å². The van der Waals surface area contributed by atoms with Crippen molar-refractivity contribution in [2.45, 2.75) is 12.8 Å². The maximum absolute atomic E-state index is 8.09. The smallest absolute Gasteiger partial charge is 0.0431 e. The molecule has 0 amide bonds. The van der Waals surface area contributed by atoms with Crippen molar-refractivity contribution in [1.29, 1.82) is 0 Å². The maximum atomic E-state index is 8.09. The molecule has 2 nitrogen and oxygen atoms in total. The highest BCUT2D eigenvalue weighted by Crippen LogP contribution is 1.80. The van der Waals surface area contributed by atoms with Gasteiger partial charge in [-0.3, -0.25) is 0 Å². The largest absolute Gasteiger partial charge is 0.396 e. The maximum Gasteiger partial charge on any atom is 0.0431 e. The fourth-order valence-electron chi connectivity index (χ4n) is 0.224. The van der Waals surface area contributed by atoms with E-state index in [1.165, 1.54) is 0 Å². The first-order valence-electron chi connectivity index (χ1n) is 2.13. The highest BCUT2D eigenvalue weighted by molar-refractivity contribution is 7.59. The van der Waals surface area contributed by atoms with Crippen molar-refractivity contribution in [1.82, 2.24) is 0 Å². The van der Waals surface area contributed by atoms with Crippen LogP contribution in [-0.4, -0.2) is 23.4 Å². The predicted molar refractivity (Wildman–Crippen MR) is 33.8 cm³/mol. The topological polar surface area (TPSA) is 40.5 Å². The number of aliphatic hydroxyl groups is 2. The van der Waals surface area contributed by atoms with Gasteiger partial charge in [-0.15, -0.1) is 0 Å². The summed E-state index contributed by atoms with van der Waals surface area (Å²) in [6.07, 6.45) is 1.44. The normalized spacial score (nSPS) is 7.71. The third kappa shape index (κ3) is 10.7. The lowest BCUT2D eigenvalue weighted by Crippen LogP contribution is -1.85. The second-order valence-corrected chi connectivity index (χ2v) is 1.15. The number of hydrogen-bond acceptors (Lipinski definition) is 2. The van der Waals surface area contributed by atoms with E-state index >= 15 is 0 Å². The predicted octanol–water partition coefficient (Wildman–Crippen LogP) is -0.136. The summed E-state index contributed by atoms with van der Waals surface area (Å²) < 4.78 is 0. The van der Waals surface area contributed by atoms with Crippen LogP contribution < -0.4 is 0 Å². The van der Waals surface area contributed by atoms with Crippen LogP contribution in [0.5, 0.6) is 0 Å². The Morgan fingerprint density at radius 1 is 0.857 bits per heavy atom. The summed E-state index contributed by atoms with van der Waals surface area (Å²) in [7, 11) is 0. The Morgan fingerprint density at radius 2 is 1.14 bits per heavy atom. The molecule has 7 heavy (non-hydrogen) atoms. The molecule has 0 unspecified atom stereocenters. The van der Waals surface area contributed by atoms with E-state index in [1.807, 2.05) is 0 Å². The van der Waals surface area contributed by atoms with Crippen LogP contribution in [0.15, 0.2) is 0 Å². The summed E-state index contributed by atoms with van der Waals surface area (Å²) in [5.74, 6) is 0. The van der Waals surface area contributed by atoms with Gasteiger partial charge in [0.05, 0.1) is 0 Å². The first kappa shape index (κ1) is 10.3. The van der Waals surface area contributed by atoms with Gasteiger partial charge in [-0.2, -0.15) is 13.5 Å². The third-order valence-corrected chi connectivity index (χ3v) is 0.566. The molecule has 0 spiro atoms. The molecular formula is C4H12O2S. The molecule has 0 rings (SSSR count). The molecule has 0 aromatic rings. The Labute approximate surface area is 50.6 Å². The van der Waals surface area contributed by atoms with Gasteiger partial charge in [0.25, 0.3) is 0 Å². The molecule has 0 saturated carbocycles. The fourth-order valence-corrected chi connectivity index (χ4v) is 0.224. The van der Waals surface area contributed by atoms with E-state index < -0.39 is 0 Å². The molecule has 0 saturated heterocycles. The van der Waals surface area contributed by atoms with Gasteiger partial charge in [0.15, 0.2) is 0 Å². The average Bonchev–Trinajstić information content (AvgIpc) is 1.61. The second-order valence-electron chi connectivity index (χ2n) is 1.15. The van der Waals surface area contributed by atoms with Gasteiger partial charge in [-0.25, -0.2) is 0 Å². The van der Waals surface area contributed by atoms with Gasteiger partial charge in [0.1, 0.15) is 0 Å². The lowest BCUT2D eigenvalue weighted by molar-refractivity contribution is 0.242. The number of unbranched alkanes of at least 4 members (excludes halogenated alkanes) is 1. The molecule has 0 aliphatic rings. The minimum absolute atomic E-state index is 0. The van der Waals surface area contributed by atoms with Crippen molar-refractivity contribution in [2.75, 3.05) is 13.2 Å². The fraction of sp³-hybridized carbons (Fsp3) is 1.00. The zero-order valence-corrected chi connectivity index (χ0v) is 5.22. The SMILES string of the molecule is OCCCCO.S. The summed E-state index contributed by atoms with van der Waals surface area (Å²) in [5.41, 5.74) is 0. The minimum Gasteiger partial charge on any atom is -0.396 e. The Morgan fingerprint density at radius 3 is 1.29 bits per heavy atom. The van der Waals surface area contributed by atoms with E-state index in [0.717, 1.165) is 12.8 Å². The van der Waals surface area contributed by atoms with Crippen molar-refractivity contribution in [3.8, 4) is 0 Å². The van der Waals surface area contributed by atoms with Crippen LogP contribution in [-0.2, 0) is 0 Å². The molecule has 0 aromatic carbocycles. The van der Waals surface area contributed by atoms with Crippen molar-refractivity contribution >= 4 is 13.5 Å². The van der Waals surface area contributed by atoms with E-state index in [-0.39, 0.29) is 26.7 Å². The van der Waals surface area contributed by atoms with Gasteiger partial charge < -0.3 is 10.2 Å². The van der Waals surface area contributed by atoms with Crippen LogP contribution in [0.3, 0.4) is 0 Å². The molecular weight excluding hydrogens is 112 g/mol. The molecule has 0 heterocycles. The molecule has 3 heteroatoms. The van der Waals surface area contributed by atoms with E-state index in [2.05, 4.69) is 0 Å². The summed E-state index contributed by atoms with van der Waals surface area (Å²) >= 11 is 0. The number of aliphatic hydroxyl groups excluding tert-OH is 2. The molecule has 0 atom stereocenters. The molecule has 0 fully saturated rings. The van der Waals surface area contributed by atoms with Gasteiger partial charge in [0, 0.05) is 13.2 Å². The Balaban J connectivity index is 0. The number of rotatable bonds is 3. The van der Waals surface area contributed by atoms with Crippen molar-refractivity contribution in [3.63, 3.8) is 0 Å². The van der Waals surface area contributed by atoms with Crippen LogP contribution >= 0.6 is 13.5 Å². The average molecular weight is 124 g/mol. The molecule has 2 N–H and O–H groups in total. The molecule has 0 bridgehead atoms. The van der Waals surface area contributed by atoms with Crippen molar-refractivity contribution in [3.05, 3.63) is 0 Å². The van der Waals surface area contributed by atoms with Gasteiger partial charge in [-0.05, 0) is 12.8 Å². The van der Waals surface area contributed by atoms with Crippen LogP contribution in [0.1, 0.15) is 12.8 Å². The highest BCUT2D eigenvalue weighted by Gasteiger charge is 1.77. The van der Waals surface area contributed by atoms with E-state index in [4.69, 9.17) is 10.2 Å². The van der Waals surface area contributed by atoms with Crippen LogP contribution in [0.4, 0.5) is 0 Å². The van der Waals surface area contributed by atoms with Crippen LogP contribution in [0.25, 0.3) is 0 Å². The van der Waals surface area contributed by atoms with Crippen LogP contribution in [0, 0.1) is 0 Å². The quantitative estimate of drug-likeness (QED) is 0.514. The summed E-state index contributed by atoms with van der Waals surface area (Å²) in [4.78, 5) is 0. The summed E-state index contributed by atoms with van der Waals surface area (Å²) in [5, 5.41) is 16.2. The molecule has 0 radical (unpaired) electrons. The van der Waals surface area contributed by atoms with Gasteiger partial charge >= 0.3 is 0 Å². The lowest BCUT2D eigenvalue weighted by Gasteiger charge is -1.85. The van der Waals surface area contributed by atoms with Crippen molar-refractivity contribution in [2.24, 2.45) is 0 Å². The first-order valence-corrected chi connectivity index (χ1v) is 2.13. The second kappa shape index (κ2) is 9.55. The zero-order valence-electron chi connectivity index (χ0n) is 4.22. The summed E-state index contributed by atoms with van der Waals surface area (Å²) in [6, 6.07) is 0. The molecule has 0 aromatic heterocycles. The van der Waals surface area contributed by atoms with E-state index in [9.17, 15) is 0 Å². The molecule has 0 aliphatic heterocycles. The van der Waals surface area contributed by atoms with E-state index in [0.29, 0.717) is 0 Å². The first-order chi connectivity index (χ1) is 2.91. The monoisotopic (exact) mass is 124 g/mol. The van der Waals surface area contributed by atoms with Gasteiger partial charge in [0.2, 0.25) is 0 Å². The lowest BCUT2D eigenvalue weighted by atomic mass is 10.3. The Hall–Kier alpha value is 0.270. The zero-order chi connectivity index (χ0) is 4.83. The van der Waals surface area contributed by atoms with E-state index in [1.54, 1.807) is 0 Å². The van der Waals surface area contributed by atoms with Crippen molar-refractivity contribution < 1.29 is 10.2 Å². The standard InChI is InChI=1S/C4H10O2.H2S/c5-3-1-2-4-6;/h5-6H,1-4H2;1H2. The van der Waals surface area contributed by atoms with Crippen LogP contribution in [0.2, 0.25) is 0 Å². The third-order valence-electron chi connectivity index (χ3n) is 0.566. The minimum atomic E-state index is 0. The summed E-state index contributed by atoms with van der Waals surface area (Å²) in [6.45, 7) is 0.390. The number of hydrogen-bond donors (Lipinski definition) is 2.